The minimum atomic E-state index is 0.436. The third kappa shape index (κ3) is 6.55. The highest BCUT2D eigenvalue weighted by Crippen LogP contribution is 2.32. The Balaban J connectivity index is 1.55. The van der Waals surface area contributed by atoms with Crippen LogP contribution in [0.3, 0.4) is 0 Å². The van der Waals surface area contributed by atoms with Gasteiger partial charge in [-0.25, -0.2) is 0 Å². The largest absolute Gasteiger partial charge is 0.337 e. The summed E-state index contributed by atoms with van der Waals surface area (Å²) in [5.74, 6) is 1.34. The fourth-order valence-corrected chi connectivity index (χ4v) is 3.32. The van der Waals surface area contributed by atoms with E-state index in [9.17, 15) is 0 Å². The molecule has 1 aromatic carbocycles. The molecule has 2 nitrogen and oxygen atoms in total. The number of aryl methyl sites for hydroxylation is 1. The first kappa shape index (κ1) is 18.3. The van der Waals surface area contributed by atoms with E-state index in [2.05, 4.69) is 32.0 Å². The Morgan fingerprint density at radius 1 is 0.913 bits per heavy atom. The number of hydrogen-bond acceptors (Lipinski definition) is 2. The summed E-state index contributed by atoms with van der Waals surface area (Å²) in [6.07, 6.45) is 15.2. The summed E-state index contributed by atoms with van der Waals surface area (Å²) in [7, 11) is 0. The molecule has 0 saturated carbocycles. The first-order valence-electron chi connectivity index (χ1n) is 9.73. The molecule has 0 fully saturated rings. The zero-order valence-electron chi connectivity index (χ0n) is 15.1. The molecule has 0 saturated heterocycles. The maximum atomic E-state index is 5.25. The van der Waals surface area contributed by atoms with Crippen molar-refractivity contribution in [2.45, 2.75) is 90.4 Å². The van der Waals surface area contributed by atoms with Crippen LogP contribution in [0.5, 0.6) is 5.75 Å². The van der Waals surface area contributed by atoms with Crippen molar-refractivity contribution in [2.75, 3.05) is 6.61 Å². The molecule has 130 valence electrons. The zero-order chi connectivity index (χ0) is 16.3. The molecule has 2 heteroatoms. The van der Waals surface area contributed by atoms with E-state index in [0.29, 0.717) is 12.5 Å². The number of rotatable bonds is 11. The van der Waals surface area contributed by atoms with E-state index in [0.717, 1.165) is 5.75 Å². The average Bonchev–Trinajstić information content (AvgIpc) is 2.57. The molecule has 0 aliphatic carbocycles. The van der Waals surface area contributed by atoms with Gasteiger partial charge in [-0.2, -0.15) is 4.89 Å². The lowest BCUT2D eigenvalue weighted by atomic mass is 9.96. The maximum absolute atomic E-state index is 5.25. The van der Waals surface area contributed by atoms with E-state index >= 15 is 0 Å². The highest BCUT2D eigenvalue weighted by atomic mass is 17.2. The van der Waals surface area contributed by atoms with Crippen LogP contribution in [0.25, 0.3) is 0 Å². The molecule has 0 aromatic heterocycles. The van der Waals surface area contributed by atoms with E-state index in [-0.39, 0.29) is 0 Å². The summed E-state index contributed by atoms with van der Waals surface area (Å²) in [6.45, 7) is 5.14. The SMILES string of the molecule is CCCCCCCCCCCCc1ccc2c(c1)C(C)COO2. The van der Waals surface area contributed by atoms with Gasteiger partial charge in [0, 0.05) is 11.5 Å². The fraction of sp³-hybridized carbons (Fsp3) is 0.714. The van der Waals surface area contributed by atoms with E-state index < -0.39 is 0 Å². The van der Waals surface area contributed by atoms with Crippen LogP contribution in [0, 0.1) is 0 Å². The molecule has 1 unspecified atom stereocenters. The summed E-state index contributed by atoms with van der Waals surface area (Å²) in [4.78, 5) is 10.4. The van der Waals surface area contributed by atoms with Gasteiger partial charge in [0.25, 0.3) is 0 Å². The summed E-state index contributed by atoms with van der Waals surface area (Å²) in [5.41, 5.74) is 2.75. The van der Waals surface area contributed by atoms with Gasteiger partial charge in [0.2, 0.25) is 0 Å². The molecule has 1 aliphatic rings. The molecule has 1 aliphatic heterocycles. The van der Waals surface area contributed by atoms with Crippen molar-refractivity contribution in [3.05, 3.63) is 29.3 Å². The summed E-state index contributed by atoms with van der Waals surface area (Å²) < 4.78 is 0. The van der Waals surface area contributed by atoms with Gasteiger partial charge in [-0.3, -0.25) is 0 Å². The van der Waals surface area contributed by atoms with Crippen LogP contribution in [0.1, 0.15) is 95.1 Å². The van der Waals surface area contributed by atoms with Crippen molar-refractivity contribution in [3.8, 4) is 5.75 Å². The molecule has 2 rings (SSSR count). The van der Waals surface area contributed by atoms with Crippen molar-refractivity contribution in [1.82, 2.24) is 0 Å². The summed E-state index contributed by atoms with van der Waals surface area (Å²) in [6, 6.07) is 6.57. The van der Waals surface area contributed by atoms with Crippen LogP contribution in [-0.4, -0.2) is 6.61 Å². The predicted octanol–water partition coefficient (Wildman–Crippen LogP) is 6.58. The highest BCUT2D eigenvalue weighted by Gasteiger charge is 2.19. The third-order valence-corrected chi connectivity index (χ3v) is 4.89. The molecular formula is C21H34O2. The number of fused-ring (bicyclic) bond motifs is 1. The van der Waals surface area contributed by atoms with E-state index in [1.807, 2.05) is 0 Å². The quantitative estimate of drug-likeness (QED) is 0.339. The summed E-state index contributed by atoms with van der Waals surface area (Å²) >= 11 is 0. The second-order valence-electron chi connectivity index (χ2n) is 7.07. The Hall–Kier alpha value is -1.02. The second-order valence-corrected chi connectivity index (χ2v) is 7.07. The average molecular weight is 319 g/mol. The lowest BCUT2D eigenvalue weighted by Gasteiger charge is -2.22. The minimum absolute atomic E-state index is 0.436. The van der Waals surface area contributed by atoms with Crippen LogP contribution >= 0.6 is 0 Å². The molecule has 0 N–H and O–H groups in total. The van der Waals surface area contributed by atoms with Crippen LogP contribution < -0.4 is 4.89 Å². The fourth-order valence-electron chi connectivity index (χ4n) is 3.32. The lowest BCUT2D eigenvalue weighted by molar-refractivity contribution is -0.220. The van der Waals surface area contributed by atoms with Gasteiger partial charge in [-0.05, 0) is 24.5 Å². The predicted molar refractivity (Wildman–Crippen MR) is 97.0 cm³/mol. The van der Waals surface area contributed by atoms with Crippen LogP contribution in [-0.2, 0) is 11.3 Å². The second kappa shape index (κ2) is 10.7. The molecule has 1 heterocycles. The molecule has 1 aromatic rings. The van der Waals surface area contributed by atoms with Gasteiger partial charge in [0.15, 0.2) is 5.75 Å². The molecule has 0 radical (unpaired) electrons. The van der Waals surface area contributed by atoms with Crippen LogP contribution in [0.2, 0.25) is 0 Å². The van der Waals surface area contributed by atoms with Crippen molar-refractivity contribution in [2.24, 2.45) is 0 Å². The van der Waals surface area contributed by atoms with Gasteiger partial charge in [-0.1, -0.05) is 83.8 Å². The van der Waals surface area contributed by atoms with Crippen molar-refractivity contribution in [1.29, 1.82) is 0 Å². The van der Waals surface area contributed by atoms with Gasteiger partial charge in [-0.15, -0.1) is 0 Å². The Morgan fingerprint density at radius 3 is 2.26 bits per heavy atom. The van der Waals surface area contributed by atoms with E-state index in [1.54, 1.807) is 0 Å². The number of unbranched alkanes of at least 4 members (excludes halogenated alkanes) is 9. The van der Waals surface area contributed by atoms with Gasteiger partial charge < -0.3 is 4.89 Å². The molecular weight excluding hydrogens is 284 g/mol. The molecule has 1 atom stereocenters. The standard InChI is InChI=1S/C21H34O2/c1-3-4-5-6-7-8-9-10-11-12-13-19-14-15-21-20(16-19)18(2)17-22-23-21/h14-16,18H,3-13,17H2,1-2H3. The Morgan fingerprint density at radius 2 is 1.57 bits per heavy atom. The van der Waals surface area contributed by atoms with Crippen LogP contribution in [0.15, 0.2) is 18.2 Å². The van der Waals surface area contributed by atoms with Crippen molar-refractivity contribution >= 4 is 0 Å². The molecule has 0 spiro atoms. The lowest BCUT2D eigenvalue weighted by Crippen LogP contribution is -2.15. The van der Waals surface area contributed by atoms with Gasteiger partial charge in [0.1, 0.15) is 6.61 Å². The Bertz CT molecular complexity index is 441. The van der Waals surface area contributed by atoms with Crippen LogP contribution in [0.4, 0.5) is 0 Å². The third-order valence-electron chi connectivity index (χ3n) is 4.89. The minimum Gasteiger partial charge on any atom is -0.337 e. The first-order chi connectivity index (χ1) is 11.3. The number of hydrogen-bond donors (Lipinski definition) is 0. The molecule has 23 heavy (non-hydrogen) atoms. The Kier molecular flexibility index (Phi) is 8.52. The smallest absolute Gasteiger partial charge is 0.168 e. The zero-order valence-corrected chi connectivity index (χ0v) is 15.1. The first-order valence-corrected chi connectivity index (χ1v) is 9.73. The molecule has 0 amide bonds. The van der Waals surface area contributed by atoms with Gasteiger partial charge in [0.05, 0.1) is 0 Å². The van der Waals surface area contributed by atoms with Gasteiger partial charge >= 0.3 is 0 Å². The monoisotopic (exact) mass is 318 g/mol. The number of benzene rings is 1. The maximum Gasteiger partial charge on any atom is 0.168 e. The van der Waals surface area contributed by atoms with E-state index in [1.165, 1.54) is 81.8 Å². The van der Waals surface area contributed by atoms with Crippen molar-refractivity contribution in [3.63, 3.8) is 0 Å². The summed E-state index contributed by atoms with van der Waals surface area (Å²) in [5, 5.41) is 0. The highest BCUT2D eigenvalue weighted by molar-refractivity contribution is 5.40. The topological polar surface area (TPSA) is 18.5 Å². The normalized spacial score (nSPS) is 16.9. The Labute approximate surface area is 142 Å². The molecule has 0 bridgehead atoms. The van der Waals surface area contributed by atoms with Crippen molar-refractivity contribution < 1.29 is 9.78 Å². The van der Waals surface area contributed by atoms with E-state index in [4.69, 9.17) is 9.78 Å².